The highest BCUT2D eigenvalue weighted by molar-refractivity contribution is 5.66. The molecule has 0 saturated carbocycles. The average Bonchev–Trinajstić information content (AvgIpc) is 3.20. The minimum absolute atomic E-state index is 0. The first-order valence-electron chi connectivity index (χ1n) is 10.5. The molecular weight excluding hydrogens is 418 g/mol. The van der Waals surface area contributed by atoms with E-state index in [0.717, 1.165) is 56.8 Å². The molecule has 5 rings (SSSR count). The number of halogens is 2. The van der Waals surface area contributed by atoms with Gasteiger partial charge in [0.2, 0.25) is 5.95 Å². The predicted molar refractivity (Wildman–Crippen MR) is 118 cm³/mol. The van der Waals surface area contributed by atoms with Crippen molar-refractivity contribution in [1.29, 1.82) is 0 Å². The fourth-order valence-electron chi connectivity index (χ4n) is 3.98. The van der Waals surface area contributed by atoms with Gasteiger partial charge in [-0.1, -0.05) is 0 Å². The van der Waals surface area contributed by atoms with Gasteiger partial charge < -0.3 is 19.7 Å². The van der Waals surface area contributed by atoms with E-state index in [1.165, 1.54) is 23.1 Å². The zero-order valence-electron chi connectivity index (χ0n) is 17.7. The third-order valence-corrected chi connectivity index (χ3v) is 5.80. The lowest BCUT2D eigenvalue weighted by molar-refractivity contribution is -0.0660. The van der Waals surface area contributed by atoms with E-state index in [1.54, 1.807) is 7.11 Å². The van der Waals surface area contributed by atoms with Gasteiger partial charge in [-0.2, -0.15) is 4.98 Å². The number of anilines is 3. The van der Waals surface area contributed by atoms with Gasteiger partial charge in [0, 0.05) is 57.2 Å². The maximum Gasteiger partial charge on any atom is 0.246 e. The summed E-state index contributed by atoms with van der Waals surface area (Å²) in [5.74, 6) is -0.324. The summed E-state index contributed by atoms with van der Waals surface area (Å²) < 4.78 is 39.2. The molecule has 0 amide bonds. The number of benzene rings is 2. The molecule has 8 nitrogen and oxygen atoms in total. The Labute approximate surface area is 185 Å². The van der Waals surface area contributed by atoms with Crippen molar-refractivity contribution in [2.24, 2.45) is 0 Å². The van der Waals surface area contributed by atoms with E-state index in [4.69, 9.17) is 9.47 Å². The molecule has 1 N–H and O–H groups in total. The normalized spacial score (nSPS) is 17.3. The quantitative estimate of drug-likeness (QED) is 0.627. The van der Waals surface area contributed by atoms with Crippen LogP contribution in [0, 0.1) is 11.6 Å². The van der Waals surface area contributed by atoms with Crippen molar-refractivity contribution in [3.63, 3.8) is 0 Å². The van der Waals surface area contributed by atoms with Gasteiger partial charge >= 0.3 is 0 Å². The monoisotopic (exact) mass is 444 g/mol. The third-order valence-electron chi connectivity index (χ3n) is 5.80. The summed E-state index contributed by atoms with van der Waals surface area (Å²) in [7, 11) is 1.63. The van der Waals surface area contributed by atoms with Gasteiger partial charge in [-0.25, -0.2) is 13.5 Å². The second kappa shape index (κ2) is 8.71. The summed E-state index contributed by atoms with van der Waals surface area (Å²) >= 11 is 0. The van der Waals surface area contributed by atoms with Gasteiger partial charge in [0.1, 0.15) is 23.7 Å². The fourth-order valence-corrected chi connectivity index (χ4v) is 3.98. The molecule has 3 aromatic rings. The van der Waals surface area contributed by atoms with E-state index in [-0.39, 0.29) is 7.11 Å². The second-order valence-corrected chi connectivity index (χ2v) is 7.90. The number of hydrogen-bond donors (Lipinski definition) is 1. The minimum atomic E-state index is -0.674. The van der Waals surface area contributed by atoms with Crippen LogP contribution in [-0.4, -0.2) is 72.2 Å². The second-order valence-electron chi connectivity index (χ2n) is 7.90. The van der Waals surface area contributed by atoms with Crippen LogP contribution < -0.4 is 15.0 Å². The van der Waals surface area contributed by atoms with E-state index < -0.39 is 11.6 Å². The van der Waals surface area contributed by atoms with E-state index in [1.807, 2.05) is 18.2 Å². The summed E-state index contributed by atoms with van der Waals surface area (Å²) in [4.78, 5) is 9.01. The topological polar surface area (TPSA) is 67.7 Å². The summed E-state index contributed by atoms with van der Waals surface area (Å²) in [6.07, 6.45) is 1.40. The molecule has 0 bridgehead atoms. The van der Waals surface area contributed by atoms with Crippen LogP contribution in [0.4, 0.5) is 26.1 Å². The summed E-state index contributed by atoms with van der Waals surface area (Å²) in [6, 6.07) is 9.64. The first-order valence-corrected chi connectivity index (χ1v) is 10.5. The molecule has 3 heterocycles. The maximum absolute atomic E-state index is 13.5. The van der Waals surface area contributed by atoms with E-state index in [9.17, 15) is 8.78 Å². The van der Waals surface area contributed by atoms with Crippen LogP contribution in [0.25, 0.3) is 5.69 Å². The molecule has 10 heteroatoms. The van der Waals surface area contributed by atoms with Gasteiger partial charge in [0.15, 0.2) is 0 Å². The number of rotatable bonds is 6. The first kappa shape index (κ1) is 20.7. The van der Waals surface area contributed by atoms with Crippen LogP contribution in [-0.2, 0) is 4.74 Å². The minimum Gasteiger partial charge on any atom is -0.497 e. The Bertz CT molecular complexity index is 1080. The largest absolute Gasteiger partial charge is 0.497 e. The molecule has 0 unspecified atom stereocenters. The highest BCUT2D eigenvalue weighted by Crippen LogP contribution is 2.29. The van der Waals surface area contributed by atoms with Crippen LogP contribution >= 0.6 is 0 Å². The van der Waals surface area contributed by atoms with Gasteiger partial charge in [0.05, 0.1) is 32.1 Å². The van der Waals surface area contributed by atoms with E-state index in [2.05, 4.69) is 25.2 Å². The van der Waals surface area contributed by atoms with Crippen LogP contribution in [0.5, 0.6) is 5.75 Å². The van der Waals surface area contributed by atoms with Gasteiger partial charge in [0.25, 0.3) is 0 Å². The Balaban J connectivity index is 0.00000259. The van der Waals surface area contributed by atoms with Gasteiger partial charge in [-0.15, -0.1) is 5.10 Å². The zero-order chi connectivity index (χ0) is 22.1. The zero-order valence-corrected chi connectivity index (χ0v) is 17.7. The fraction of sp³-hybridized carbons (Fsp3) is 0.364. The Hall–Kier alpha value is -3.24. The molecule has 0 spiro atoms. The standard InChI is InChI=1S/C22H24F2N6O2.H2/c1-31-21-10-17(9-18(11-21)28-2-4-29(5-3-28)20-12-32-13-20)26-22-25-14-30(27-22)19-7-15(23)6-16(24)8-19;/h6-11,14,20H,2-5,12-13H2,1H3,(H,26,27);1H. The highest BCUT2D eigenvalue weighted by Gasteiger charge is 2.29. The number of ether oxygens (including phenoxy) is 2. The maximum atomic E-state index is 13.5. The number of methoxy groups -OCH3 is 1. The van der Waals surface area contributed by atoms with E-state index >= 15 is 0 Å². The third kappa shape index (κ3) is 4.37. The van der Waals surface area contributed by atoms with Crippen molar-refractivity contribution in [3.05, 3.63) is 54.4 Å². The number of piperazine rings is 1. The van der Waals surface area contributed by atoms with Crippen LogP contribution in [0.2, 0.25) is 0 Å². The highest BCUT2D eigenvalue weighted by atomic mass is 19.1. The summed E-state index contributed by atoms with van der Waals surface area (Å²) in [5.41, 5.74) is 2.06. The number of hydrogen-bond acceptors (Lipinski definition) is 7. The molecule has 2 fully saturated rings. The number of nitrogens with one attached hydrogen (secondary N) is 1. The lowest BCUT2D eigenvalue weighted by Gasteiger charge is -2.43. The molecule has 170 valence electrons. The van der Waals surface area contributed by atoms with Gasteiger partial charge in [-0.05, 0) is 18.2 Å². The van der Waals surface area contributed by atoms with Crippen LogP contribution in [0.1, 0.15) is 1.43 Å². The van der Waals surface area contributed by atoms with E-state index in [0.29, 0.717) is 17.7 Å². The lowest BCUT2D eigenvalue weighted by Crippen LogP contribution is -2.56. The molecule has 2 aliphatic heterocycles. The Morgan fingerprint density at radius 1 is 1.00 bits per heavy atom. The predicted octanol–water partition coefficient (Wildman–Crippen LogP) is 3.06. The van der Waals surface area contributed by atoms with Crippen molar-refractivity contribution < 1.29 is 19.7 Å². The van der Waals surface area contributed by atoms with Crippen LogP contribution in [0.15, 0.2) is 42.7 Å². The summed E-state index contributed by atoms with van der Waals surface area (Å²) in [6.45, 7) is 5.47. The molecule has 0 aliphatic carbocycles. The Kier molecular flexibility index (Phi) is 5.62. The SMILES string of the molecule is COc1cc(Nc2ncn(-c3cc(F)cc(F)c3)n2)cc(N2CCN(C3COC3)CC2)c1.[HH]. The molecule has 0 atom stereocenters. The Morgan fingerprint density at radius 3 is 2.41 bits per heavy atom. The van der Waals surface area contributed by atoms with Crippen molar-refractivity contribution >= 4 is 17.3 Å². The van der Waals surface area contributed by atoms with Crippen LogP contribution in [0.3, 0.4) is 0 Å². The molecule has 32 heavy (non-hydrogen) atoms. The lowest BCUT2D eigenvalue weighted by atomic mass is 10.1. The molecule has 2 saturated heterocycles. The number of nitrogens with zero attached hydrogens (tertiary/aromatic N) is 5. The average molecular weight is 444 g/mol. The Morgan fingerprint density at radius 2 is 1.75 bits per heavy atom. The van der Waals surface area contributed by atoms with Gasteiger partial charge in [-0.3, -0.25) is 4.90 Å². The van der Waals surface area contributed by atoms with Crippen molar-refractivity contribution in [3.8, 4) is 11.4 Å². The molecule has 0 radical (unpaired) electrons. The molecule has 1 aromatic heterocycles. The summed E-state index contributed by atoms with van der Waals surface area (Å²) in [5, 5.41) is 7.45. The van der Waals surface area contributed by atoms with Crippen molar-refractivity contribution in [2.45, 2.75) is 6.04 Å². The molecule has 2 aliphatic rings. The molecule has 2 aromatic carbocycles. The molecular formula is C22H26F2N6O2. The van der Waals surface area contributed by atoms with Crippen molar-refractivity contribution in [1.82, 2.24) is 19.7 Å². The first-order chi connectivity index (χ1) is 15.6. The number of aromatic nitrogens is 3. The van der Waals surface area contributed by atoms with Crippen molar-refractivity contribution in [2.75, 3.05) is 56.7 Å². The smallest absolute Gasteiger partial charge is 0.246 e.